The molecule has 0 aliphatic rings. The molecule has 0 aliphatic heterocycles. The predicted molar refractivity (Wildman–Crippen MR) is 153 cm³/mol. The third kappa shape index (κ3) is 5.52. The van der Waals surface area contributed by atoms with Crippen molar-refractivity contribution in [1.29, 1.82) is 0 Å². The molecule has 192 valence electrons. The van der Waals surface area contributed by atoms with Crippen LogP contribution in [-0.4, -0.2) is 30.2 Å². The second-order valence-electron chi connectivity index (χ2n) is 8.78. The number of anilines is 1. The Morgan fingerprint density at radius 1 is 0.763 bits per heavy atom. The van der Waals surface area contributed by atoms with Crippen LogP contribution in [0.1, 0.15) is 28.4 Å². The van der Waals surface area contributed by atoms with Crippen LogP contribution in [0.3, 0.4) is 0 Å². The van der Waals surface area contributed by atoms with E-state index >= 15 is 0 Å². The standard InChI is InChI=1S/C30H27N3O3S2/c1-2-32(21-23-11-5-3-6-12-23)38(35,36)26-19-17-25(18-20-26)29(34)33(22-24-13-7-4-8-14-24)30-31-27-15-9-10-16-28(27)37-30/h3-20H,2,21-22H2,1H3. The molecule has 0 spiro atoms. The van der Waals surface area contributed by atoms with Crippen LogP contribution in [0.4, 0.5) is 5.13 Å². The third-order valence-electron chi connectivity index (χ3n) is 6.24. The van der Waals surface area contributed by atoms with E-state index in [1.807, 2.05) is 91.9 Å². The molecule has 4 aromatic carbocycles. The van der Waals surface area contributed by atoms with E-state index in [-0.39, 0.29) is 17.3 Å². The summed E-state index contributed by atoms with van der Waals surface area (Å²) in [5.74, 6) is -0.242. The molecule has 1 amide bonds. The molecule has 6 nitrogen and oxygen atoms in total. The lowest BCUT2D eigenvalue weighted by molar-refractivity contribution is 0.0985. The monoisotopic (exact) mass is 541 g/mol. The molecule has 5 rings (SSSR count). The maximum absolute atomic E-state index is 13.8. The van der Waals surface area contributed by atoms with Crippen molar-refractivity contribution >= 4 is 42.6 Å². The average Bonchev–Trinajstić information content (AvgIpc) is 3.39. The van der Waals surface area contributed by atoms with Crippen LogP contribution in [0.5, 0.6) is 0 Å². The van der Waals surface area contributed by atoms with Crippen molar-refractivity contribution in [1.82, 2.24) is 9.29 Å². The number of carbonyl (C=O) groups is 1. The van der Waals surface area contributed by atoms with E-state index in [1.54, 1.807) is 17.0 Å². The molecule has 5 aromatic rings. The summed E-state index contributed by atoms with van der Waals surface area (Å²) in [6, 6.07) is 33.2. The summed E-state index contributed by atoms with van der Waals surface area (Å²) >= 11 is 1.45. The summed E-state index contributed by atoms with van der Waals surface area (Å²) in [5.41, 5.74) is 3.11. The van der Waals surface area contributed by atoms with Gasteiger partial charge in [0.05, 0.1) is 21.7 Å². The zero-order valence-corrected chi connectivity index (χ0v) is 22.5. The van der Waals surface area contributed by atoms with E-state index < -0.39 is 10.0 Å². The van der Waals surface area contributed by atoms with Crippen LogP contribution in [0.2, 0.25) is 0 Å². The number of carbonyl (C=O) groups excluding carboxylic acids is 1. The molecular weight excluding hydrogens is 514 g/mol. The van der Waals surface area contributed by atoms with Crippen molar-refractivity contribution in [3.63, 3.8) is 0 Å². The van der Waals surface area contributed by atoms with Gasteiger partial charge in [0.1, 0.15) is 0 Å². The Hall–Kier alpha value is -3.85. The molecule has 1 aromatic heterocycles. The van der Waals surface area contributed by atoms with Crippen molar-refractivity contribution in [2.75, 3.05) is 11.4 Å². The molecular formula is C30H27N3O3S2. The van der Waals surface area contributed by atoms with Crippen molar-refractivity contribution in [3.8, 4) is 0 Å². The van der Waals surface area contributed by atoms with Crippen LogP contribution < -0.4 is 4.90 Å². The molecule has 0 aliphatic carbocycles. The number of rotatable bonds is 9. The lowest BCUT2D eigenvalue weighted by Crippen LogP contribution is -2.31. The molecule has 0 saturated carbocycles. The van der Waals surface area contributed by atoms with E-state index in [4.69, 9.17) is 4.98 Å². The maximum Gasteiger partial charge on any atom is 0.260 e. The highest BCUT2D eigenvalue weighted by atomic mass is 32.2. The average molecular weight is 542 g/mol. The quantitative estimate of drug-likeness (QED) is 0.218. The van der Waals surface area contributed by atoms with E-state index in [0.29, 0.717) is 23.8 Å². The number of thiazole rings is 1. The normalized spacial score (nSPS) is 11.6. The Morgan fingerprint density at radius 3 is 1.95 bits per heavy atom. The lowest BCUT2D eigenvalue weighted by Gasteiger charge is -2.22. The highest BCUT2D eigenvalue weighted by molar-refractivity contribution is 7.89. The molecule has 0 N–H and O–H groups in total. The molecule has 0 saturated heterocycles. The Balaban J connectivity index is 1.43. The fraction of sp³-hybridized carbons (Fsp3) is 0.133. The van der Waals surface area contributed by atoms with Gasteiger partial charge in [-0.05, 0) is 47.5 Å². The summed E-state index contributed by atoms with van der Waals surface area (Å²) in [4.78, 5) is 20.3. The van der Waals surface area contributed by atoms with Crippen molar-refractivity contribution in [3.05, 3.63) is 126 Å². The van der Waals surface area contributed by atoms with Crippen molar-refractivity contribution in [2.45, 2.75) is 24.9 Å². The molecule has 38 heavy (non-hydrogen) atoms. The second kappa shape index (κ2) is 11.3. The van der Waals surface area contributed by atoms with E-state index in [2.05, 4.69) is 0 Å². The van der Waals surface area contributed by atoms with Crippen LogP contribution >= 0.6 is 11.3 Å². The number of fused-ring (bicyclic) bond motifs is 1. The second-order valence-corrected chi connectivity index (χ2v) is 11.7. The molecule has 1 heterocycles. The van der Waals surface area contributed by atoms with Crippen LogP contribution in [0, 0.1) is 0 Å². The van der Waals surface area contributed by atoms with Crippen molar-refractivity contribution < 1.29 is 13.2 Å². The van der Waals surface area contributed by atoms with E-state index in [1.165, 1.54) is 27.8 Å². The van der Waals surface area contributed by atoms with Crippen molar-refractivity contribution in [2.24, 2.45) is 0 Å². The Kier molecular flexibility index (Phi) is 7.64. The fourth-order valence-electron chi connectivity index (χ4n) is 4.20. The molecule has 0 radical (unpaired) electrons. The van der Waals surface area contributed by atoms with Gasteiger partial charge in [-0.15, -0.1) is 0 Å². The summed E-state index contributed by atoms with van der Waals surface area (Å²) in [6.07, 6.45) is 0. The fourth-order valence-corrected chi connectivity index (χ4v) is 6.60. The van der Waals surface area contributed by atoms with Gasteiger partial charge in [0.2, 0.25) is 10.0 Å². The Morgan fingerprint density at radius 2 is 1.34 bits per heavy atom. The first-order valence-corrected chi connectivity index (χ1v) is 14.6. The minimum absolute atomic E-state index is 0.154. The Labute approximate surface area is 226 Å². The first-order chi connectivity index (χ1) is 18.5. The first-order valence-electron chi connectivity index (χ1n) is 12.3. The highest BCUT2D eigenvalue weighted by Crippen LogP contribution is 2.31. The summed E-state index contributed by atoms with van der Waals surface area (Å²) < 4.78 is 29.2. The summed E-state index contributed by atoms with van der Waals surface area (Å²) in [6.45, 7) is 2.78. The number of para-hydroxylation sites is 1. The van der Waals surface area contributed by atoms with Gasteiger partial charge in [0, 0.05) is 18.7 Å². The van der Waals surface area contributed by atoms with Crippen LogP contribution in [0.25, 0.3) is 10.2 Å². The van der Waals surface area contributed by atoms with Gasteiger partial charge in [-0.1, -0.05) is 91.1 Å². The number of benzene rings is 4. The SMILES string of the molecule is CCN(Cc1ccccc1)S(=O)(=O)c1ccc(C(=O)N(Cc2ccccc2)c2nc3ccccc3s2)cc1. The number of nitrogens with zero attached hydrogens (tertiary/aromatic N) is 3. The van der Waals surface area contributed by atoms with Crippen LogP contribution in [-0.2, 0) is 23.1 Å². The van der Waals surface area contributed by atoms with Gasteiger partial charge in [-0.3, -0.25) is 9.69 Å². The molecule has 0 atom stereocenters. The van der Waals surface area contributed by atoms with Crippen LogP contribution in [0.15, 0.2) is 114 Å². The van der Waals surface area contributed by atoms with E-state index in [9.17, 15) is 13.2 Å². The van der Waals surface area contributed by atoms with Gasteiger partial charge >= 0.3 is 0 Å². The third-order valence-corrected chi connectivity index (χ3v) is 9.23. The van der Waals surface area contributed by atoms with Gasteiger partial charge in [0.25, 0.3) is 5.91 Å². The smallest absolute Gasteiger partial charge is 0.260 e. The van der Waals surface area contributed by atoms with Gasteiger partial charge in [-0.25, -0.2) is 13.4 Å². The topological polar surface area (TPSA) is 70.6 Å². The molecule has 0 fully saturated rings. The molecule has 8 heteroatoms. The number of hydrogen-bond donors (Lipinski definition) is 0. The highest BCUT2D eigenvalue weighted by Gasteiger charge is 2.25. The van der Waals surface area contributed by atoms with Gasteiger partial charge in [-0.2, -0.15) is 4.31 Å². The molecule has 0 unspecified atom stereocenters. The molecule has 0 bridgehead atoms. The lowest BCUT2D eigenvalue weighted by atomic mass is 10.1. The summed E-state index contributed by atoms with van der Waals surface area (Å²) in [5, 5.41) is 0.594. The number of sulfonamides is 1. The largest absolute Gasteiger partial charge is 0.279 e. The van der Waals surface area contributed by atoms with Gasteiger partial charge in [0.15, 0.2) is 5.13 Å². The summed E-state index contributed by atoms with van der Waals surface area (Å²) in [7, 11) is -3.73. The minimum atomic E-state index is -3.73. The number of aromatic nitrogens is 1. The number of amides is 1. The zero-order chi connectivity index (χ0) is 26.5. The maximum atomic E-state index is 13.8. The minimum Gasteiger partial charge on any atom is -0.279 e. The first kappa shape index (κ1) is 25.8. The Bertz CT molecular complexity index is 1600. The zero-order valence-electron chi connectivity index (χ0n) is 20.9. The predicted octanol–water partition coefficient (Wildman–Crippen LogP) is 6.35. The van der Waals surface area contributed by atoms with Gasteiger partial charge < -0.3 is 0 Å². The number of hydrogen-bond acceptors (Lipinski definition) is 5. The van der Waals surface area contributed by atoms with E-state index in [0.717, 1.165) is 21.3 Å².